The standard InChI is InChI=1S/C16H21FN4O/c1-11-16(12(2)21(4)19-11)18-15(22)10-20(3)9-13-5-7-14(17)8-6-13/h5-8H,9-10H2,1-4H3,(H,18,22). The number of hydrogen-bond donors (Lipinski definition) is 1. The molecule has 0 fully saturated rings. The van der Waals surface area contributed by atoms with Gasteiger partial charge >= 0.3 is 0 Å². The average molecular weight is 304 g/mol. The lowest BCUT2D eigenvalue weighted by molar-refractivity contribution is -0.117. The summed E-state index contributed by atoms with van der Waals surface area (Å²) in [6.07, 6.45) is 0. The summed E-state index contributed by atoms with van der Waals surface area (Å²) in [5.41, 5.74) is 3.45. The average Bonchev–Trinajstić information content (AvgIpc) is 2.68. The molecule has 1 heterocycles. The summed E-state index contributed by atoms with van der Waals surface area (Å²) in [4.78, 5) is 14.0. The van der Waals surface area contributed by atoms with Gasteiger partial charge in [0.1, 0.15) is 5.82 Å². The first kappa shape index (κ1) is 16.2. The number of amides is 1. The molecule has 1 aromatic carbocycles. The van der Waals surface area contributed by atoms with Crippen molar-refractivity contribution in [2.75, 3.05) is 18.9 Å². The highest BCUT2D eigenvalue weighted by atomic mass is 19.1. The fourth-order valence-electron chi connectivity index (χ4n) is 2.34. The predicted molar refractivity (Wildman–Crippen MR) is 84.0 cm³/mol. The van der Waals surface area contributed by atoms with Gasteiger partial charge in [-0.15, -0.1) is 0 Å². The minimum atomic E-state index is -0.258. The third-order valence-corrected chi connectivity index (χ3v) is 3.55. The number of carbonyl (C=O) groups is 1. The van der Waals surface area contributed by atoms with Gasteiger partial charge in [-0.2, -0.15) is 5.10 Å². The number of likely N-dealkylation sites (N-methyl/N-ethyl adjacent to an activating group) is 1. The first-order valence-corrected chi connectivity index (χ1v) is 7.10. The highest BCUT2D eigenvalue weighted by Crippen LogP contribution is 2.18. The van der Waals surface area contributed by atoms with E-state index in [-0.39, 0.29) is 18.3 Å². The van der Waals surface area contributed by atoms with Crippen LogP contribution >= 0.6 is 0 Å². The molecule has 2 rings (SSSR count). The van der Waals surface area contributed by atoms with Crippen molar-refractivity contribution in [1.29, 1.82) is 0 Å². The van der Waals surface area contributed by atoms with E-state index in [0.717, 1.165) is 22.6 Å². The number of aryl methyl sites for hydroxylation is 2. The van der Waals surface area contributed by atoms with Crippen LogP contribution in [0.15, 0.2) is 24.3 Å². The molecule has 0 aliphatic heterocycles. The van der Waals surface area contributed by atoms with Gasteiger partial charge in [0, 0.05) is 13.6 Å². The number of hydrogen-bond acceptors (Lipinski definition) is 3. The van der Waals surface area contributed by atoms with Crippen LogP contribution in [0.25, 0.3) is 0 Å². The second kappa shape index (κ2) is 6.70. The lowest BCUT2D eigenvalue weighted by Gasteiger charge is -2.16. The van der Waals surface area contributed by atoms with Crippen molar-refractivity contribution in [3.63, 3.8) is 0 Å². The van der Waals surface area contributed by atoms with Gasteiger partial charge < -0.3 is 5.32 Å². The summed E-state index contributed by atoms with van der Waals surface area (Å²) in [5.74, 6) is -0.351. The number of carbonyl (C=O) groups excluding carboxylic acids is 1. The molecule has 0 aliphatic carbocycles. The van der Waals surface area contributed by atoms with E-state index in [0.29, 0.717) is 6.54 Å². The number of nitrogens with zero attached hydrogens (tertiary/aromatic N) is 3. The molecule has 0 atom stereocenters. The van der Waals surface area contributed by atoms with Gasteiger partial charge in [-0.3, -0.25) is 14.4 Å². The van der Waals surface area contributed by atoms with E-state index in [9.17, 15) is 9.18 Å². The Kier molecular flexibility index (Phi) is 4.92. The summed E-state index contributed by atoms with van der Waals surface area (Å²) in [5, 5.41) is 7.17. The maximum Gasteiger partial charge on any atom is 0.238 e. The second-order valence-corrected chi connectivity index (χ2v) is 5.52. The molecule has 6 heteroatoms. The van der Waals surface area contributed by atoms with Crippen LogP contribution in [0.3, 0.4) is 0 Å². The van der Waals surface area contributed by atoms with Crippen LogP contribution in [-0.2, 0) is 18.4 Å². The summed E-state index contributed by atoms with van der Waals surface area (Å²) in [6, 6.07) is 6.29. The molecule has 0 saturated heterocycles. The Morgan fingerprint density at radius 1 is 1.32 bits per heavy atom. The van der Waals surface area contributed by atoms with Crippen LogP contribution in [-0.4, -0.2) is 34.2 Å². The van der Waals surface area contributed by atoms with Crippen molar-refractivity contribution in [1.82, 2.24) is 14.7 Å². The van der Waals surface area contributed by atoms with Gasteiger partial charge in [-0.05, 0) is 38.6 Å². The van der Waals surface area contributed by atoms with Crippen LogP contribution < -0.4 is 5.32 Å². The zero-order valence-electron chi connectivity index (χ0n) is 13.4. The van der Waals surface area contributed by atoms with E-state index in [4.69, 9.17) is 0 Å². The maximum absolute atomic E-state index is 12.9. The molecule has 0 saturated carbocycles. The third-order valence-electron chi connectivity index (χ3n) is 3.55. The fraction of sp³-hybridized carbons (Fsp3) is 0.375. The molecule has 5 nitrogen and oxygen atoms in total. The Morgan fingerprint density at radius 2 is 1.95 bits per heavy atom. The molecule has 0 aliphatic rings. The van der Waals surface area contributed by atoms with Crippen LogP contribution in [0.5, 0.6) is 0 Å². The van der Waals surface area contributed by atoms with Gasteiger partial charge in [-0.1, -0.05) is 12.1 Å². The first-order chi connectivity index (χ1) is 10.4. The Hall–Kier alpha value is -2.21. The summed E-state index contributed by atoms with van der Waals surface area (Å²) in [6.45, 7) is 4.62. The molecule has 118 valence electrons. The van der Waals surface area contributed by atoms with Gasteiger partial charge in [-0.25, -0.2) is 4.39 Å². The lowest BCUT2D eigenvalue weighted by atomic mass is 10.2. The van der Waals surface area contributed by atoms with E-state index in [1.165, 1.54) is 12.1 Å². The SMILES string of the molecule is Cc1nn(C)c(C)c1NC(=O)CN(C)Cc1ccc(F)cc1. The molecule has 1 N–H and O–H groups in total. The quantitative estimate of drug-likeness (QED) is 0.921. The third kappa shape index (κ3) is 3.92. The Labute approximate surface area is 129 Å². The number of rotatable bonds is 5. The Bertz CT molecular complexity index is 664. The van der Waals surface area contributed by atoms with Gasteiger partial charge in [0.25, 0.3) is 0 Å². The van der Waals surface area contributed by atoms with Gasteiger partial charge in [0.15, 0.2) is 0 Å². The summed E-state index contributed by atoms with van der Waals surface area (Å²) < 4.78 is 14.6. The van der Waals surface area contributed by atoms with Crippen molar-refractivity contribution in [3.8, 4) is 0 Å². The van der Waals surface area contributed by atoms with Crippen molar-refractivity contribution < 1.29 is 9.18 Å². The molecular weight excluding hydrogens is 283 g/mol. The Balaban J connectivity index is 1.92. The molecule has 0 radical (unpaired) electrons. The molecular formula is C16H21FN4O. The number of anilines is 1. The monoisotopic (exact) mass is 304 g/mol. The van der Waals surface area contributed by atoms with Crippen molar-refractivity contribution in [2.24, 2.45) is 7.05 Å². The molecule has 1 amide bonds. The van der Waals surface area contributed by atoms with Crippen molar-refractivity contribution in [2.45, 2.75) is 20.4 Å². The van der Waals surface area contributed by atoms with Crippen LogP contribution in [0.2, 0.25) is 0 Å². The van der Waals surface area contributed by atoms with Gasteiger partial charge in [0.05, 0.1) is 23.6 Å². The normalized spacial score (nSPS) is 11.0. The van der Waals surface area contributed by atoms with Crippen LogP contribution in [0.1, 0.15) is 17.0 Å². The lowest BCUT2D eigenvalue weighted by Crippen LogP contribution is -2.30. The molecule has 1 aromatic heterocycles. The molecule has 22 heavy (non-hydrogen) atoms. The fourth-order valence-corrected chi connectivity index (χ4v) is 2.34. The topological polar surface area (TPSA) is 50.2 Å². The van der Waals surface area contributed by atoms with E-state index < -0.39 is 0 Å². The van der Waals surface area contributed by atoms with Crippen LogP contribution in [0.4, 0.5) is 10.1 Å². The minimum absolute atomic E-state index is 0.0937. The van der Waals surface area contributed by atoms with Crippen molar-refractivity contribution in [3.05, 3.63) is 47.0 Å². The number of nitrogens with one attached hydrogen (secondary N) is 1. The van der Waals surface area contributed by atoms with E-state index in [2.05, 4.69) is 10.4 Å². The maximum atomic E-state index is 12.9. The van der Waals surface area contributed by atoms with Crippen LogP contribution in [0, 0.1) is 19.7 Å². The molecule has 0 unspecified atom stereocenters. The van der Waals surface area contributed by atoms with E-state index in [1.54, 1.807) is 16.8 Å². The molecule has 0 bridgehead atoms. The Morgan fingerprint density at radius 3 is 2.50 bits per heavy atom. The smallest absolute Gasteiger partial charge is 0.238 e. The number of benzene rings is 1. The zero-order chi connectivity index (χ0) is 16.3. The summed E-state index contributed by atoms with van der Waals surface area (Å²) >= 11 is 0. The van der Waals surface area contributed by atoms with E-state index >= 15 is 0 Å². The summed E-state index contributed by atoms with van der Waals surface area (Å²) in [7, 11) is 3.70. The highest BCUT2D eigenvalue weighted by molar-refractivity contribution is 5.93. The molecule has 0 spiro atoms. The first-order valence-electron chi connectivity index (χ1n) is 7.10. The van der Waals surface area contributed by atoms with E-state index in [1.807, 2.05) is 32.8 Å². The number of halogens is 1. The largest absolute Gasteiger partial charge is 0.322 e. The number of aromatic nitrogens is 2. The second-order valence-electron chi connectivity index (χ2n) is 5.52. The predicted octanol–water partition coefficient (Wildman–Crippen LogP) is 2.25. The zero-order valence-corrected chi connectivity index (χ0v) is 13.4. The molecule has 2 aromatic rings. The van der Waals surface area contributed by atoms with Gasteiger partial charge in [0.2, 0.25) is 5.91 Å². The minimum Gasteiger partial charge on any atom is -0.322 e. The van der Waals surface area contributed by atoms with Crippen molar-refractivity contribution >= 4 is 11.6 Å². The highest BCUT2D eigenvalue weighted by Gasteiger charge is 2.14.